The zero-order valence-corrected chi connectivity index (χ0v) is 11.5. The van der Waals surface area contributed by atoms with Gasteiger partial charge in [0.2, 0.25) is 5.88 Å². The molecule has 0 bridgehead atoms. The predicted octanol–water partition coefficient (Wildman–Crippen LogP) is 3.88. The van der Waals surface area contributed by atoms with Crippen molar-refractivity contribution in [2.75, 3.05) is 5.73 Å². The van der Waals surface area contributed by atoms with Crippen LogP contribution in [0.3, 0.4) is 0 Å². The van der Waals surface area contributed by atoms with Gasteiger partial charge in [-0.15, -0.1) is 0 Å². The van der Waals surface area contributed by atoms with Gasteiger partial charge in [0.05, 0.1) is 11.3 Å². The van der Waals surface area contributed by atoms with Crippen LogP contribution in [-0.2, 0) is 6.42 Å². The van der Waals surface area contributed by atoms with E-state index in [4.69, 9.17) is 10.3 Å². The third kappa shape index (κ3) is 2.69. The summed E-state index contributed by atoms with van der Waals surface area (Å²) in [5, 5.41) is 4.04. The van der Waals surface area contributed by atoms with Crippen LogP contribution in [0.2, 0.25) is 0 Å². The smallest absolute Gasteiger partial charge is 0.230 e. The lowest BCUT2D eigenvalue weighted by Crippen LogP contribution is -1.97. The van der Waals surface area contributed by atoms with Crippen molar-refractivity contribution in [3.8, 4) is 11.1 Å². The first kappa shape index (κ1) is 12.2. The maximum Gasteiger partial charge on any atom is 0.230 e. The molecule has 90 valence electrons. The highest BCUT2D eigenvalue weighted by molar-refractivity contribution is 9.10. The number of anilines is 1. The van der Waals surface area contributed by atoms with Crippen molar-refractivity contribution in [2.45, 2.75) is 20.3 Å². The van der Waals surface area contributed by atoms with Crippen LogP contribution in [0.4, 0.5) is 5.88 Å². The van der Waals surface area contributed by atoms with Crippen molar-refractivity contribution in [3.63, 3.8) is 0 Å². The molecule has 17 heavy (non-hydrogen) atoms. The van der Waals surface area contributed by atoms with Crippen molar-refractivity contribution in [2.24, 2.45) is 5.92 Å². The molecule has 2 aromatic rings. The Morgan fingerprint density at radius 2 is 1.94 bits per heavy atom. The van der Waals surface area contributed by atoms with Gasteiger partial charge in [-0.1, -0.05) is 47.1 Å². The lowest BCUT2D eigenvalue weighted by atomic mass is 10.00. The first-order valence-electron chi connectivity index (χ1n) is 5.58. The normalized spacial score (nSPS) is 11.1. The molecule has 0 saturated carbocycles. The van der Waals surface area contributed by atoms with E-state index in [-0.39, 0.29) is 0 Å². The van der Waals surface area contributed by atoms with Crippen LogP contribution < -0.4 is 5.73 Å². The van der Waals surface area contributed by atoms with E-state index in [0.29, 0.717) is 11.8 Å². The van der Waals surface area contributed by atoms with Crippen LogP contribution in [0.25, 0.3) is 11.1 Å². The molecule has 0 fully saturated rings. The Labute approximate surface area is 109 Å². The predicted molar refractivity (Wildman–Crippen MR) is 72.6 cm³/mol. The summed E-state index contributed by atoms with van der Waals surface area (Å²) in [6.45, 7) is 4.30. The molecule has 0 unspecified atom stereocenters. The van der Waals surface area contributed by atoms with Crippen molar-refractivity contribution in [1.82, 2.24) is 5.16 Å². The van der Waals surface area contributed by atoms with E-state index in [0.717, 1.165) is 27.7 Å². The van der Waals surface area contributed by atoms with E-state index >= 15 is 0 Å². The van der Waals surface area contributed by atoms with E-state index in [1.807, 2.05) is 24.3 Å². The number of nitrogens with zero attached hydrogens (tertiary/aromatic N) is 1. The molecule has 1 aromatic carbocycles. The second kappa shape index (κ2) is 4.92. The summed E-state index contributed by atoms with van der Waals surface area (Å²) in [5.41, 5.74) is 8.74. The van der Waals surface area contributed by atoms with Crippen molar-refractivity contribution >= 4 is 21.8 Å². The minimum Gasteiger partial charge on any atom is -0.367 e. The Hall–Kier alpha value is -1.29. The SMILES string of the molecule is CC(C)Cc1noc(N)c1-c1ccc(Br)cc1. The molecular weight excluding hydrogens is 280 g/mol. The average Bonchev–Trinajstić information content (AvgIpc) is 2.61. The number of aromatic nitrogens is 1. The topological polar surface area (TPSA) is 52.0 Å². The fourth-order valence-corrected chi connectivity index (χ4v) is 2.05. The van der Waals surface area contributed by atoms with Crippen molar-refractivity contribution < 1.29 is 4.52 Å². The van der Waals surface area contributed by atoms with Crippen LogP contribution in [0, 0.1) is 5.92 Å². The van der Waals surface area contributed by atoms with Gasteiger partial charge in [-0.25, -0.2) is 0 Å². The van der Waals surface area contributed by atoms with E-state index in [9.17, 15) is 0 Å². The number of nitrogen functional groups attached to an aromatic ring is 1. The fraction of sp³-hybridized carbons (Fsp3) is 0.308. The van der Waals surface area contributed by atoms with Crippen LogP contribution >= 0.6 is 15.9 Å². The molecule has 0 spiro atoms. The average molecular weight is 295 g/mol. The molecule has 0 radical (unpaired) electrons. The second-order valence-electron chi connectivity index (χ2n) is 4.47. The molecular formula is C13H15BrN2O. The van der Waals surface area contributed by atoms with Crippen LogP contribution in [-0.4, -0.2) is 5.16 Å². The molecule has 0 aliphatic heterocycles. The fourth-order valence-electron chi connectivity index (χ4n) is 1.79. The van der Waals surface area contributed by atoms with Gasteiger partial charge in [-0.2, -0.15) is 0 Å². The number of halogens is 1. The van der Waals surface area contributed by atoms with Gasteiger partial charge in [0.25, 0.3) is 0 Å². The first-order chi connectivity index (χ1) is 8.08. The zero-order valence-electron chi connectivity index (χ0n) is 9.90. The van der Waals surface area contributed by atoms with Gasteiger partial charge in [0.1, 0.15) is 0 Å². The largest absolute Gasteiger partial charge is 0.367 e. The zero-order chi connectivity index (χ0) is 12.4. The minimum absolute atomic E-state index is 0.392. The summed E-state index contributed by atoms with van der Waals surface area (Å²) in [4.78, 5) is 0. The Balaban J connectivity index is 2.43. The molecule has 0 aliphatic carbocycles. The van der Waals surface area contributed by atoms with Crippen LogP contribution in [0.15, 0.2) is 33.3 Å². The minimum atomic E-state index is 0.392. The van der Waals surface area contributed by atoms with Crippen LogP contribution in [0.1, 0.15) is 19.5 Å². The molecule has 1 aromatic heterocycles. The lowest BCUT2D eigenvalue weighted by Gasteiger charge is -2.04. The first-order valence-corrected chi connectivity index (χ1v) is 6.37. The van der Waals surface area contributed by atoms with Gasteiger partial charge in [0.15, 0.2) is 0 Å². The van der Waals surface area contributed by atoms with E-state index < -0.39 is 0 Å². The van der Waals surface area contributed by atoms with Crippen molar-refractivity contribution in [3.05, 3.63) is 34.4 Å². The van der Waals surface area contributed by atoms with Gasteiger partial charge in [0, 0.05) is 4.47 Å². The number of benzene rings is 1. The summed E-state index contributed by atoms with van der Waals surface area (Å²) in [6, 6.07) is 8.00. The highest BCUT2D eigenvalue weighted by atomic mass is 79.9. The number of hydrogen-bond donors (Lipinski definition) is 1. The Bertz CT molecular complexity index is 503. The van der Waals surface area contributed by atoms with Gasteiger partial charge < -0.3 is 10.3 Å². The summed E-state index contributed by atoms with van der Waals surface area (Å²) < 4.78 is 6.14. The second-order valence-corrected chi connectivity index (χ2v) is 5.39. The van der Waals surface area contributed by atoms with Gasteiger partial charge in [-0.3, -0.25) is 0 Å². The molecule has 0 amide bonds. The monoisotopic (exact) mass is 294 g/mol. The van der Waals surface area contributed by atoms with Gasteiger partial charge >= 0.3 is 0 Å². The number of rotatable bonds is 3. The summed E-state index contributed by atoms with van der Waals surface area (Å²) >= 11 is 3.42. The third-order valence-corrected chi connectivity index (χ3v) is 3.05. The molecule has 3 nitrogen and oxygen atoms in total. The highest BCUT2D eigenvalue weighted by Gasteiger charge is 2.16. The third-order valence-electron chi connectivity index (χ3n) is 2.52. The molecule has 4 heteroatoms. The Kier molecular flexibility index (Phi) is 3.52. The quantitative estimate of drug-likeness (QED) is 0.934. The van der Waals surface area contributed by atoms with Gasteiger partial charge in [-0.05, 0) is 30.0 Å². The molecule has 2 rings (SSSR count). The number of nitrogens with two attached hydrogens (primary N) is 1. The molecule has 1 heterocycles. The molecule has 0 saturated heterocycles. The Morgan fingerprint density at radius 3 is 2.53 bits per heavy atom. The number of hydrogen-bond acceptors (Lipinski definition) is 3. The maximum atomic E-state index is 5.85. The highest BCUT2D eigenvalue weighted by Crippen LogP contribution is 2.31. The summed E-state index contributed by atoms with van der Waals surface area (Å²) in [6.07, 6.45) is 0.867. The summed E-state index contributed by atoms with van der Waals surface area (Å²) in [5.74, 6) is 0.914. The van der Waals surface area contributed by atoms with Crippen molar-refractivity contribution in [1.29, 1.82) is 0 Å². The molecule has 0 aliphatic rings. The molecule has 2 N–H and O–H groups in total. The maximum absolute atomic E-state index is 5.85. The van der Waals surface area contributed by atoms with E-state index in [1.54, 1.807) is 0 Å². The lowest BCUT2D eigenvalue weighted by molar-refractivity contribution is 0.422. The van der Waals surface area contributed by atoms with Crippen LogP contribution in [0.5, 0.6) is 0 Å². The van der Waals surface area contributed by atoms with E-state index in [2.05, 4.69) is 34.9 Å². The van der Waals surface area contributed by atoms with E-state index in [1.165, 1.54) is 0 Å². The standard InChI is InChI=1S/C13H15BrN2O/c1-8(2)7-11-12(13(15)17-16-11)9-3-5-10(14)6-4-9/h3-6,8H,7,15H2,1-2H3. The Morgan fingerprint density at radius 1 is 1.29 bits per heavy atom. The summed E-state index contributed by atoms with van der Waals surface area (Å²) in [7, 11) is 0. The molecule has 0 atom stereocenters.